The van der Waals surface area contributed by atoms with E-state index in [4.69, 9.17) is 16.3 Å². The predicted octanol–water partition coefficient (Wildman–Crippen LogP) is 5.11. The van der Waals surface area contributed by atoms with E-state index < -0.39 is 0 Å². The molecule has 0 saturated carbocycles. The maximum absolute atomic E-state index is 6.14. The van der Waals surface area contributed by atoms with E-state index in [9.17, 15) is 0 Å². The summed E-state index contributed by atoms with van der Waals surface area (Å²) in [6, 6.07) is 20.5. The summed E-state index contributed by atoms with van der Waals surface area (Å²) in [5, 5.41) is 6.54. The lowest BCUT2D eigenvalue weighted by Crippen LogP contribution is -2.00. The third-order valence-corrected chi connectivity index (χ3v) is 3.81. The largest absolute Gasteiger partial charge is 0.495 e. The topological polar surface area (TPSA) is 21.3 Å². The first-order valence-electron chi connectivity index (χ1n) is 6.82. The number of fused-ring (bicyclic) bond motifs is 1. The summed E-state index contributed by atoms with van der Waals surface area (Å²) in [7, 11) is 1.62. The Hall–Kier alpha value is -2.19. The molecule has 0 amide bonds. The fourth-order valence-corrected chi connectivity index (χ4v) is 2.68. The van der Waals surface area contributed by atoms with Gasteiger partial charge in [-0.3, -0.25) is 0 Å². The van der Waals surface area contributed by atoms with E-state index in [1.807, 2.05) is 18.2 Å². The fourth-order valence-electron chi connectivity index (χ4n) is 2.42. The maximum atomic E-state index is 6.14. The molecule has 0 fully saturated rings. The molecule has 106 valence electrons. The predicted molar refractivity (Wildman–Crippen MR) is 89.3 cm³/mol. The first-order chi connectivity index (χ1) is 10.3. The molecule has 3 heteroatoms. The van der Waals surface area contributed by atoms with Gasteiger partial charge in [0, 0.05) is 12.2 Å². The molecule has 0 bridgehead atoms. The Balaban J connectivity index is 1.82. The van der Waals surface area contributed by atoms with Crippen molar-refractivity contribution in [2.45, 2.75) is 6.54 Å². The zero-order valence-electron chi connectivity index (χ0n) is 11.8. The summed E-state index contributed by atoms with van der Waals surface area (Å²) >= 11 is 6.14. The van der Waals surface area contributed by atoms with Gasteiger partial charge in [-0.15, -0.1) is 0 Å². The van der Waals surface area contributed by atoms with Crippen LogP contribution in [0.3, 0.4) is 0 Å². The van der Waals surface area contributed by atoms with Crippen molar-refractivity contribution in [3.8, 4) is 5.75 Å². The van der Waals surface area contributed by atoms with Gasteiger partial charge in [-0.1, -0.05) is 54.1 Å². The van der Waals surface area contributed by atoms with Crippen molar-refractivity contribution in [2.24, 2.45) is 0 Å². The number of ether oxygens (including phenoxy) is 1. The quantitative estimate of drug-likeness (QED) is 0.722. The van der Waals surface area contributed by atoms with Crippen LogP contribution in [0.25, 0.3) is 10.8 Å². The van der Waals surface area contributed by atoms with Crippen LogP contribution in [0.1, 0.15) is 5.56 Å². The molecule has 0 heterocycles. The van der Waals surface area contributed by atoms with Gasteiger partial charge in [-0.05, 0) is 34.5 Å². The van der Waals surface area contributed by atoms with Gasteiger partial charge in [-0.2, -0.15) is 0 Å². The highest BCUT2D eigenvalue weighted by Crippen LogP contribution is 2.28. The van der Waals surface area contributed by atoms with Crippen LogP contribution in [-0.4, -0.2) is 7.11 Å². The number of halogens is 1. The lowest BCUT2D eigenvalue weighted by atomic mass is 10.0. The molecule has 0 atom stereocenters. The summed E-state index contributed by atoms with van der Waals surface area (Å²) in [5.41, 5.74) is 2.24. The summed E-state index contributed by atoms with van der Waals surface area (Å²) in [5.74, 6) is 0.687. The molecule has 0 radical (unpaired) electrons. The van der Waals surface area contributed by atoms with Crippen molar-refractivity contribution in [3.05, 3.63) is 71.2 Å². The summed E-state index contributed by atoms with van der Waals surface area (Å²) in [6.07, 6.45) is 0. The molecular formula is C18H16ClNO. The standard InChI is InChI=1S/C18H16ClNO/c1-21-18-10-9-15(11-17(18)19)20-12-14-7-4-6-13-5-2-3-8-16(13)14/h2-11,20H,12H2,1H3. The molecule has 0 aliphatic heterocycles. The molecule has 0 unspecified atom stereocenters. The minimum absolute atomic E-state index is 0.611. The van der Waals surface area contributed by atoms with Gasteiger partial charge in [0.1, 0.15) is 5.75 Å². The Morgan fingerprint density at radius 2 is 1.81 bits per heavy atom. The van der Waals surface area contributed by atoms with Gasteiger partial charge in [0.2, 0.25) is 0 Å². The number of methoxy groups -OCH3 is 1. The second kappa shape index (κ2) is 6.06. The van der Waals surface area contributed by atoms with Crippen LogP contribution in [0.5, 0.6) is 5.75 Å². The van der Waals surface area contributed by atoms with E-state index in [0.29, 0.717) is 10.8 Å². The van der Waals surface area contributed by atoms with E-state index in [0.717, 1.165) is 12.2 Å². The highest BCUT2D eigenvalue weighted by Gasteiger charge is 2.03. The van der Waals surface area contributed by atoms with Crippen molar-refractivity contribution in [1.29, 1.82) is 0 Å². The Labute approximate surface area is 129 Å². The first kappa shape index (κ1) is 13.8. The number of hydrogen-bond donors (Lipinski definition) is 1. The molecule has 0 aliphatic rings. The molecule has 3 aromatic carbocycles. The van der Waals surface area contributed by atoms with Gasteiger partial charge >= 0.3 is 0 Å². The van der Waals surface area contributed by atoms with Crippen LogP contribution in [0, 0.1) is 0 Å². The second-order valence-corrected chi connectivity index (χ2v) is 5.25. The zero-order chi connectivity index (χ0) is 14.7. The van der Waals surface area contributed by atoms with Gasteiger partial charge in [-0.25, -0.2) is 0 Å². The molecular weight excluding hydrogens is 282 g/mol. The molecule has 21 heavy (non-hydrogen) atoms. The number of benzene rings is 3. The van der Waals surface area contributed by atoms with Crippen LogP contribution >= 0.6 is 11.6 Å². The second-order valence-electron chi connectivity index (χ2n) is 4.84. The van der Waals surface area contributed by atoms with E-state index in [1.54, 1.807) is 7.11 Å². The van der Waals surface area contributed by atoms with Crippen LogP contribution < -0.4 is 10.1 Å². The highest BCUT2D eigenvalue weighted by molar-refractivity contribution is 6.32. The molecule has 0 saturated heterocycles. The monoisotopic (exact) mass is 297 g/mol. The summed E-state index contributed by atoms with van der Waals surface area (Å²) in [6.45, 7) is 0.754. The number of anilines is 1. The molecule has 1 N–H and O–H groups in total. The SMILES string of the molecule is COc1ccc(NCc2cccc3ccccc23)cc1Cl. The number of hydrogen-bond acceptors (Lipinski definition) is 2. The maximum Gasteiger partial charge on any atom is 0.137 e. The summed E-state index contributed by atoms with van der Waals surface area (Å²) < 4.78 is 5.16. The Kier molecular flexibility index (Phi) is 3.98. The van der Waals surface area contributed by atoms with Crippen molar-refractivity contribution in [2.75, 3.05) is 12.4 Å². The minimum atomic E-state index is 0.611. The van der Waals surface area contributed by atoms with E-state index in [1.165, 1.54) is 16.3 Å². The molecule has 0 aliphatic carbocycles. The Morgan fingerprint density at radius 3 is 2.62 bits per heavy atom. The fraction of sp³-hybridized carbons (Fsp3) is 0.111. The van der Waals surface area contributed by atoms with E-state index >= 15 is 0 Å². The molecule has 0 spiro atoms. The van der Waals surface area contributed by atoms with Crippen LogP contribution in [0.4, 0.5) is 5.69 Å². The van der Waals surface area contributed by atoms with Crippen LogP contribution in [0.2, 0.25) is 5.02 Å². The number of rotatable bonds is 4. The van der Waals surface area contributed by atoms with E-state index in [2.05, 4.69) is 47.8 Å². The third-order valence-electron chi connectivity index (χ3n) is 3.51. The molecule has 3 rings (SSSR count). The minimum Gasteiger partial charge on any atom is -0.495 e. The lowest BCUT2D eigenvalue weighted by Gasteiger charge is -2.11. The van der Waals surface area contributed by atoms with Gasteiger partial charge in [0.25, 0.3) is 0 Å². The molecule has 3 aromatic rings. The van der Waals surface area contributed by atoms with Crippen LogP contribution in [0.15, 0.2) is 60.7 Å². The van der Waals surface area contributed by atoms with Crippen molar-refractivity contribution in [1.82, 2.24) is 0 Å². The number of nitrogens with one attached hydrogen (secondary N) is 1. The lowest BCUT2D eigenvalue weighted by molar-refractivity contribution is 0.415. The summed E-state index contributed by atoms with van der Waals surface area (Å²) in [4.78, 5) is 0. The molecule has 0 aromatic heterocycles. The molecule has 2 nitrogen and oxygen atoms in total. The Bertz CT molecular complexity index is 765. The Morgan fingerprint density at radius 1 is 1.00 bits per heavy atom. The highest BCUT2D eigenvalue weighted by atomic mass is 35.5. The van der Waals surface area contributed by atoms with Crippen molar-refractivity contribution in [3.63, 3.8) is 0 Å². The normalized spacial score (nSPS) is 10.6. The third kappa shape index (κ3) is 2.96. The smallest absolute Gasteiger partial charge is 0.137 e. The average Bonchev–Trinajstić information content (AvgIpc) is 2.53. The first-order valence-corrected chi connectivity index (χ1v) is 7.20. The van der Waals surface area contributed by atoms with Crippen molar-refractivity contribution < 1.29 is 4.74 Å². The van der Waals surface area contributed by atoms with Gasteiger partial charge in [0.15, 0.2) is 0 Å². The zero-order valence-corrected chi connectivity index (χ0v) is 12.5. The van der Waals surface area contributed by atoms with Crippen molar-refractivity contribution >= 4 is 28.1 Å². The average molecular weight is 298 g/mol. The van der Waals surface area contributed by atoms with Gasteiger partial charge < -0.3 is 10.1 Å². The van der Waals surface area contributed by atoms with Gasteiger partial charge in [0.05, 0.1) is 12.1 Å². The van der Waals surface area contributed by atoms with Crippen LogP contribution in [-0.2, 0) is 6.54 Å². The van der Waals surface area contributed by atoms with E-state index in [-0.39, 0.29) is 0 Å².